The van der Waals surface area contributed by atoms with Crippen LogP contribution in [0.1, 0.15) is 15.9 Å². The first-order valence-corrected chi connectivity index (χ1v) is 12.7. The van der Waals surface area contributed by atoms with Crippen molar-refractivity contribution in [3.8, 4) is 17.0 Å². The van der Waals surface area contributed by atoms with Crippen LogP contribution in [0.3, 0.4) is 0 Å². The quantitative estimate of drug-likeness (QED) is 0.176. The molecule has 0 saturated carbocycles. The van der Waals surface area contributed by atoms with E-state index in [0.29, 0.717) is 28.3 Å². The van der Waals surface area contributed by atoms with Crippen LogP contribution >= 0.6 is 0 Å². The van der Waals surface area contributed by atoms with Gasteiger partial charge < -0.3 is 15.0 Å². The maximum absolute atomic E-state index is 12.8. The van der Waals surface area contributed by atoms with Gasteiger partial charge >= 0.3 is 0 Å². The van der Waals surface area contributed by atoms with Gasteiger partial charge in [0.2, 0.25) is 5.95 Å². The Kier molecular flexibility index (Phi) is 6.60. The van der Waals surface area contributed by atoms with E-state index >= 15 is 0 Å². The number of carbonyl (C=O) groups excluding carboxylic acids is 1. The Hall–Kier alpha value is -5.56. The summed E-state index contributed by atoms with van der Waals surface area (Å²) in [5.41, 5.74) is 3.86. The van der Waals surface area contributed by atoms with Gasteiger partial charge in [0, 0.05) is 39.5 Å². The molecule has 6 rings (SSSR count). The second-order valence-electron chi connectivity index (χ2n) is 9.23. The fourth-order valence-electron chi connectivity index (χ4n) is 4.49. The van der Waals surface area contributed by atoms with Crippen molar-refractivity contribution in [2.24, 2.45) is 0 Å². The van der Waals surface area contributed by atoms with Gasteiger partial charge in [-0.05, 0) is 83.6 Å². The summed E-state index contributed by atoms with van der Waals surface area (Å²) >= 11 is 0. The molecular formula is C33H24N4O3. The van der Waals surface area contributed by atoms with Crippen LogP contribution in [0, 0.1) is 0 Å². The van der Waals surface area contributed by atoms with Crippen LogP contribution in [-0.2, 0) is 0 Å². The van der Waals surface area contributed by atoms with Gasteiger partial charge in [0.1, 0.15) is 5.75 Å². The Morgan fingerprint density at radius 2 is 1.70 bits per heavy atom. The molecule has 0 unspecified atom stereocenters. The van der Waals surface area contributed by atoms with Crippen molar-refractivity contribution < 1.29 is 9.53 Å². The van der Waals surface area contributed by atoms with Crippen molar-refractivity contribution in [1.82, 2.24) is 15.0 Å². The van der Waals surface area contributed by atoms with Gasteiger partial charge in [-0.25, -0.2) is 9.97 Å². The fraction of sp³-hybridized carbons (Fsp3) is 0.0303. The highest BCUT2D eigenvalue weighted by Crippen LogP contribution is 2.24. The summed E-state index contributed by atoms with van der Waals surface area (Å²) in [6, 6.07) is 30.5. The third kappa shape index (κ3) is 5.21. The summed E-state index contributed by atoms with van der Waals surface area (Å²) in [5, 5.41) is 6.34. The molecule has 0 radical (unpaired) electrons. The Balaban J connectivity index is 1.16. The lowest BCUT2D eigenvalue weighted by atomic mass is 10.1. The van der Waals surface area contributed by atoms with E-state index < -0.39 is 0 Å². The number of rotatable bonds is 7. The number of aromatic amines is 1. The molecule has 0 saturated heterocycles. The zero-order valence-electron chi connectivity index (χ0n) is 21.6. The number of nitrogens with zero attached hydrogens (tertiary/aromatic N) is 2. The molecule has 7 heteroatoms. The third-order valence-electron chi connectivity index (χ3n) is 6.62. The Morgan fingerprint density at radius 3 is 2.52 bits per heavy atom. The monoisotopic (exact) mass is 524 g/mol. The Bertz CT molecular complexity index is 1960. The number of carbonyl (C=O) groups is 1. The highest BCUT2D eigenvalue weighted by molar-refractivity contribution is 6.07. The zero-order valence-corrected chi connectivity index (χ0v) is 21.6. The SMILES string of the molecule is COc1ccc2[nH]c(=O)c(/C=C/C(=O)c3ccc(Nc4nccc(-c5ccc6ccccc6c5)n4)cc3)cc2c1. The smallest absolute Gasteiger partial charge is 0.255 e. The van der Waals surface area contributed by atoms with Crippen molar-refractivity contribution in [2.75, 3.05) is 12.4 Å². The maximum atomic E-state index is 12.8. The molecular weight excluding hydrogens is 500 g/mol. The highest BCUT2D eigenvalue weighted by Gasteiger charge is 2.07. The number of fused-ring (bicyclic) bond motifs is 2. The topological polar surface area (TPSA) is 97.0 Å². The second-order valence-corrected chi connectivity index (χ2v) is 9.23. The van der Waals surface area contributed by atoms with E-state index in [4.69, 9.17) is 4.74 Å². The summed E-state index contributed by atoms with van der Waals surface area (Å²) in [5.74, 6) is 0.924. The number of benzene rings is 4. The van der Waals surface area contributed by atoms with E-state index in [1.165, 1.54) is 17.5 Å². The van der Waals surface area contributed by atoms with E-state index in [1.807, 2.05) is 30.3 Å². The minimum absolute atomic E-state index is 0.216. The van der Waals surface area contributed by atoms with E-state index in [1.54, 1.807) is 55.8 Å². The number of hydrogen-bond donors (Lipinski definition) is 2. The minimum atomic E-state index is -0.271. The van der Waals surface area contributed by atoms with E-state index in [9.17, 15) is 9.59 Å². The maximum Gasteiger partial charge on any atom is 0.255 e. The molecule has 0 bridgehead atoms. The van der Waals surface area contributed by atoms with E-state index in [0.717, 1.165) is 27.7 Å². The first-order chi connectivity index (χ1) is 19.6. The molecule has 2 aromatic heterocycles. The average molecular weight is 525 g/mol. The number of allylic oxidation sites excluding steroid dienone is 1. The van der Waals surface area contributed by atoms with Crippen molar-refractivity contribution in [3.05, 3.63) is 131 Å². The Morgan fingerprint density at radius 1 is 0.875 bits per heavy atom. The fourth-order valence-corrected chi connectivity index (χ4v) is 4.49. The van der Waals surface area contributed by atoms with Gasteiger partial charge in [-0.1, -0.05) is 36.4 Å². The molecule has 0 aliphatic heterocycles. The highest BCUT2D eigenvalue weighted by atomic mass is 16.5. The summed E-state index contributed by atoms with van der Waals surface area (Å²) in [4.78, 5) is 37.1. The number of methoxy groups -OCH3 is 1. The lowest BCUT2D eigenvalue weighted by Gasteiger charge is -2.08. The van der Waals surface area contributed by atoms with Crippen LogP contribution in [-0.4, -0.2) is 27.8 Å². The minimum Gasteiger partial charge on any atom is -0.497 e. The summed E-state index contributed by atoms with van der Waals surface area (Å²) in [6.45, 7) is 0. The molecule has 0 aliphatic rings. The normalized spacial score (nSPS) is 11.2. The predicted octanol–water partition coefficient (Wildman–Crippen LogP) is 6.79. The molecule has 2 heterocycles. The summed E-state index contributed by atoms with van der Waals surface area (Å²) < 4.78 is 5.26. The van der Waals surface area contributed by atoms with Crippen LogP contribution in [0.5, 0.6) is 5.75 Å². The number of H-pyrrole nitrogens is 1. The van der Waals surface area contributed by atoms with Crippen molar-refractivity contribution in [2.45, 2.75) is 0 Å². The summed E-state index contributed by atoms with van der Waals surface area (Å²) in [6.07, 6.45) is 4.64. The molecule has 0 aliphatic carbocycles. The van der Waals surface area contributed by atoms with Crippen molar-refractivity contribution in [3.63, 3.8) is 0 Å². The largest absolute Gasteiger partial charge is 0.497 e. The molecule has 6 aromatic rings. The molecule has 0 atom stereocenters. The molecule has 0 spiro atoms. The molecule has 4 aromatic carbocycles. The van der Waals surface area contributed by atoms with E-state index in [2.05, 4.69) is 44.5 Å². The number of hydrogen-bond acceptors (Lipinski definition) is 6. The molecule has 7 nitrogen and oxygen atoms in total. The average Bonchev–Trinajstić information content (AvgIpc) is 3.00. The summed E-state index contributed by atoms with van der Waals surface area (Å²) in [7, 11) is 1.59. The molecule has 0 fully saturated rings. The predicted molar refractivity (Wildman–Crippen MR) is 159 cm³/mol. The van der Waals surface area contributed by atoms with Gasteiger partial charge in [-0.3, -0.25) is 9.59 Å². The number of ketones is 1. The molecule has 0 amide bonds. The van der Waals surface area contributed by atoms with Gasteiger partial charge in [-0.15, -0.1) is 0 Å². The number of nitrogens with one attached hydrogen (secondary N) is 2. The molecule has 2 N–H and O–H groups in total. The van der Waals surface area contributed by atoms with Crippen LogP contribution in [0.25, 0.3) is 39.0 Å². The number of ether oxygens (including phenoxy) is 1. The standard InChI is InChI=1S/C33H24N4O3/c1-40-28-13-14-29-26(20-28)19-25(32(39)36-29)10-15-31(38)22-8-11-27(12-9-22)35-33-34-17-16-30(37-33)24-7-6-21-4-2-3-5-23(21)18-24/h2-20H,1H3,(H,36,39)(H,34,35,37)/b15-10+. The van der Waals surface area contributed by atoms with Crippen molar-refractivity contribution >= 4 is 45.2 Å². The van der Waals surface area contributed by atoms with E-state index in [-0.39, 0.29) is 11.3 Å². The number of anilines is 2. The van der Waals surface area contributed by atoms with Gasteiger partial charge in [0.25, 0.3) is 5.56 Å². The molecule has 40 heavy (non-hydrogen) atoms. The second kappa shape index (κ2) is 10.7. The number of aromatic nitrogens is 3. The van der Waals surface area contributed by atoms with Crippen LogP contribution < -0.4 is 15.6 Å². The van der Waals surface area contributed by atoms with Gasteiger partial charge in [-0.2, -0.15) is 0 Å². The first kappa shape index (κ1) is 24.8. The lowest BCUT2D eigenvalue weighted by molar-refractivity contribution is 0.104. The third-order valence-corrected chi connectivity index (χ3v) is 6.62. The van der Waals surface area contributed by atoms with Gasteiger partial charge in [0.15, 0.2) is 5.78 Å². The van der Waals surface area contributed by atoms with Crippen molar-refractivity contribution in [1.29, 1.82) is 0 Å². The number of pyridine rings is 1. The first-order valence-electron chi connectivity index (χ1n) is 12.7. The van der Waals surface area contributed by atoms with Gasteiger partial charge in [0.05, 0.1) is 12.8 Å². The van der Waals surface area contributed by atoms with Crippen LogP contribution in [0.15, 0.2) is 114 Å². The van der Waals surface area contributed by atoms with Crippen LogP contribution in [0.4, 0.5) is 11.6 Å². The van der Waals surface area contributed by atoms with Crippen LogP contribution in [0.2, 0.25) is 0 Å². The zero-order chi connectivity index (χ0) is 27.5. The molecule has 194 valence electrons. The Labute approximate surface area is 229 Å². The lowest BCUT2D eigenvalue weighted by Crippen LogP contribution is -2.09.